The van der Waals surface area contributed by atoms with Gasteiger partial charge in [-0.15, -0.1) is 0 Å². The molecule has 4 nitrogen and oxygen atoms in total. The van der Waals surface area contributed by atoms with E-state index in [2.05, 4.69) is 26.6 Å². The standard InChI is InChI=1S/C19H15BrN2O2/c1-12-10-15(8-9-17(12)20)21-18(23)19(24)22-16-7-6-13-4-2-3-5-14(13)11-16/h2-11H,1H3,(H,21,23)(H,22,24). The van der Waals surface area contributed by atoms with Crippen LogP contribution in [-0.2, 0) is 9.59 Å². The van der Waals surface area contributed by atoms with Gasteiger partial charge >= 0.3 is 11.8 Å². The van der Waals surface area contributed by atoms with Crippen molar-refractivity contribution < 1.29 is 9.59 Å². The molecule has 5 heteroatoms. The number of nitrogens with one attached hydrogen (secondary N) is 2. The molecule has 0 saturated carbocycles. The van der Waals surface area contributed by atoms with Gasteiger partial charge in [-0.2, -0.15) is 0 Å². The number of benzene rings is 3. The van der Waals surface area contributed by atoms with Crippen LogP contribution >= 0.6 is 15.9 Å². The number of aryl methyl sites for hydroxylation is 1. The van der Waals surface area contributed by atoms with E-state index in [1.807, 2.05) is 49.4 Å². The molecule has 24 heavy (non-hydrogen) atoms. The van der Waals surface area contributed by atoms with Crippen molar-refractivity contribution >= 4 is 49.9 Å². The summed E-state index contributed by atoms with van der Waals surface area (Å²) < 4.78 is 0.945. The van der Waals surface area contributed by atoms with Crippen molar-refractivity contribution in [3.05, 3.63) is 70.7 Å². The molecule has 2 N–H and O–H groups in total. The molecule has 3 aromatic rings. The fraction of sp³-hybridized carbons (Fsp3) is 0.0526. The highest BCUT2D eigenvalue weighted by molar-refractivity contribution is 9.10. The SMILES string of the molecule is Cc1cc(NC(=O)C(=O)Nc2ccc3ccccc3c2)ccc1Br. The Bertz CT molecular complexity index is 938. The number of carbonyl (C=O) groups is 2. The van der Waals surface area contributed by atoms with Crippen molar-refractivity contribution in [2.75, 3.05) is 10.6 Å². The molecule has 0 fully saturated rings. The van der Waals surface area contributed by atoms with E-state index in [0.717, 1.165) is 20.8 Å². The number of hydrogen-bond acceptors (Lipinski definition) is 2. The predicted octanol–water partition coefficient (Wildman–Crippen LogP) is 4.49. The van der Waals surface area contributed by atoms with E-state index in [4.69, 9.17) is 0 Å². The molecule has 0 aliphatic carbocycles. The maximum atomic E-state index is 12.1. The summed E-state index contributed by atoms with van der Waals surface area (Å²) in [7, 11) is 0. The van der Waals surface area contributed by atoms with Crippen molar-refractivity contribution in [3.8, 4) is 0 Å². The highest BCUT2D eigenvalue weighted by atomic mass is 79.9. The van der Waals surface area contributed by atoms with E-state index >= 15 is 0 Å². The second-order valence-electron chi connectivity index (χ2n) is 5.43. The fourth-order valence-corrected chi connectivity index (χ4v) is 2.61. The van der Waals surface area contributed by atoms with Crippen molar-refractivity contribution in [2.45, 2.75) is 6.92 Å². The molecule has 0 saturated heterocycles. The lowest BCUT2D eigenvalue weighted by Gasteiger charge is -2.08. The minimum Gasteiger partial charge on any atom is -0.318 e. The quantitative estimate of drug-likeness (QED) is 0.641. The number of anilines is 2. The topological polar surface area (TPSA) is 58.2 Å². The summed E-state index contributed by atoms with van der Waals surface area (Å²) in [4.78, 5) is 24.1. The monoisotopic (exact) mass is 382 g/mol. The van der Waals surface area contributed by atoms with E-state index in [0.29, 0.717) is 11.4 Å². The van der Waals surface area contributed by atoms with Crippen LogP contribution in [0.25, 0.3) is 10.8 Å². The predicted molar refractivity (Wildman–Crippen MR) is 100 cm³/mol. The number of hydrogen-bond donors (Lipinski definition) is 2. The second-order valence-corrected chi connectivity index (χ2v) is 6.29. The van der Waals surface area contributed by atoms with Gasteiger partial charge in [-0.25, -0.2) is 0 Å². The summed E-state index contributed by atoms with van der Waals surface area (Å²) in [5.41, 5.74) is 2.14. The van der Waals surface area contributed by atoms with Crippen molar-refractivity contribution in [1.29, 1.82) is 0 Å². The molecule has 0 atom stereocenters. The first-order chi connectivity index (χ1) is 11.5. The van der Waals surface area contributed by atoms with E-state index < -0.39 is 11.8 Å². The van der Waals surface area contributed by atoms with Crippen LogP contribution in [0.3, 0.4) is 0 Å². The zero-order chi connectivity index (χ0) is 17.1. The molecule has 3 aromatic carbocycles. The molecule has 0 unspecified atom stereocenters. The first kappa shape index (κ1) is 16.2. The van der Waals surface area contributed by atoms with Gasteiger partial charge in [-0.3, -0.25) is 9.59 Å². The second kappa shape index (κ2) is 6.84. The van der Waals surface area contributed by atoms with E-state index in [1.54, 1.807) is 18.2 Å². The number of amides is 2. The van der Waals surface area contributed by atoms with Crippen LogP contribution in [-0.4, -0.2) is 11.8 Å². The summed E-state index contributed by atoms with van der Waals surface area (Å²) in [5.74, 6) is -1.41. The maximum Gasteiger partial charge on any atom is 0.314 e. The smallest absolute Gasteiger partial charge is 0.314 e. The molecule has 3 rings (SSSR count). The third kappa shape index (κ3) is 3.63. The lowest BCUT2D eigenvalue weighted by molar-refractivity contribution is -0.132. The molecule has 0 bridgehead atoms. The molecule has 0 radical (unpaired) electrons. The molecular formula is C19H15BrN2O2. The van der Waals surface area contributed by atoms with E-state index in [1.165, 1.54) is 0 Å². The van der Waals surface area contributed by atoms with Gasteiger partial charge in [0.05, 0.1) is 0 Å². The van der Waals surface area contributed by atoms with Crippen LogP contribution in [0.2, 0.25) is 0 Å². The minimum absolute atomic E-state index is 0.578. The van der Waals surface area contributed by atoms with Crippen LogP contribution in [0.4, 0.5) is 11.4 Å². The lowest BCUT2D eigenvalue weighted by atomic mass is 10.1. The van der Waals surface area contributed by atoms with Gasteiger partial charge in [0, 0.05) is 15.8 Å². The molecule has 120 valence electrons. The summed E-state index contributed by atoms with van der Waals surface area (Å²) >= 11 is 3.40. The Kier molecular flexibility index (Phi) is 4.62. The van der Waals surface area contributed by atoms with E-state index in [-0.39, 0.29) is 0 Å². The molecule has 0 aromatic heterocycles. The lowest BCUT2D eigenvalue weighted by Crippen LogP contribution is -2.29. The Hall–Kier alpha value is -2.66. The van der Waals surface area contributed by atoms with Crippen LogP contribution < -0.4 is 10.6 Å². The zero-order valence-corrected chi connectivity index (χ0v) is 14.6. The molecule has 0 aliphatic heterocycles. The number of halogens is 1. The number of fused-ring (bicyclic) bond motifs is 1. The first-order valence-electron chi connectivity index (χ1n) is 7.40. The van der Waals surface area contributed by atoms with Crippen molar-refractivity contribution in [3.63, 3.8) is 0 Å². The van der Waals surface area contributed by atoms with Crippen molar-refractivity contribution in [1.82, 2.24) is 0 Å². The maximum absolute atomic E-state index is 12.1. The summed E-state index contributed by atoms with van der Waals surface area (Å²) in [5, 5.41) is 7.29. The summed E-state index contributed by atoms with van der Waals surface area (Å²) in [6.45, 7) is 1.91. The molecule has 0 aliphatic rings. The Balaban J connectivity index is 1.70. The Labute approximate surface area is 148 Å². The molecule has 0 heterocycles. The Morgan fingerprint density at radius 3 is 2.04 bits per heavy atom. The first-order valence-corrected chi connectivity index (χ1v) is 8.19. The third-order valence-electron chi connectivity index (χ3n) is 3.63. The van der Waals surface area contributed by atoms with Crippen molar-refractivity contribution in [2.24, 2.45) is 0 Å². The molecule has 2 amide bonds. The van der Waals surface area contributed by atoms with Crippen LogP contribution in [0.1, 0.15) is 5.56 Å². The van der Waals surface area contributed by atoms with Gasteiger partial charge in [0.2, 0.25) is 0 Å². The molecular weight excluding hydrogens is 368 g/mol. The summed E-state index contributed by atoms with van der Waals surface area (Å²) in [6.07, 6.45) is 0. The van der Waals surface area contributed by atoms with Gasteiger partial charge in [-0.1, -0.05) is 46.3 Å². The highest BCUT2D eigenvalue weighted by Crippen LogP contribution is 2.21. The summed E-state index contributed by atoms with van der Waals surface area (Å²) in [6, 6.07) is 18.7. The average Bonchev–Trinajstić information content (AvgIpc) is 2.58. The average molecular weight is 383 g/mol. The van der Waals surface area contributed by atoms with Gasteiger partial charge < -0.3 is 10.6 Å². The fourth-order valence-electron chi connectivity index (χ4n) is 2.37. The van der Waals surface area contributed by atoms with Gasteiger partial charge in [0.15, 0.2) is 0 Å². The van der Waals surface area contributed by atoms with Crippen LogP contribution in [0.5, 0.6) is 0 Å². The van der Waals surface area contributed by atoms with Gasteiger partial charge in [0.1, 0.15) is 0 Å². The zero-order valence-electron chi connectivity index (χ0n) is 13.0. The number of rotatable bonds is 2. The Morgan fingerprint density at radius 1 is 0.792 bits per heavy atom. The largest absolute Gasteiger partial charge is 0.318 e. The van der Waals surface area contributed by atoms with Gasteiger partial charge in [-0.05, 0) is 53.6 Å². The van der Waals surface area contributed by atoms with Gasteiger partial charge in [0.25, 0.3) is 0 Å². The minimum atomic E-state index is -0.704. The number of carbonyl (C=O) groups excluding carboxylic acids is 2. The van der Waals surface area contributed by atoms with Crippen LogP contribution in [0, 0.1) is 6.92 Å². The van der Waals surface area contributed by atoms with E-state index in [9.17, 15) is 9.59 Å². The highest BCUT2D eigenvalue weighted by Gasteiger charge is 2.14. The molecule has 0 spiro atoms. The third-order valence-corrected chi connectivity index (χ3v) is 4.52. The normalized spacial score (nSPS) is 10.4. The van der Waals surface area contributed by atoms with Crippen LogP contribution in [0.15, 0.2) is 65.1 Å². The Morgan fingerprint density at radius 2 is 1.38 bits per heavy atom.